The normalized spacial score (nSPS) is 18.1. The highest BCUT2D eigenvalue weighted by Crippen LogP contribution is 2.22. The molecule has 1 aliphatic rings. The van der Waals surface area contributed by atoms with Crippen molar-refractivity contribution >= 4 is 17.5 Å². The van der Waals surface area contributed by atoms with Crippen molar-refractivity contribution in [3.05, 3.63) is 77.7 Å². The number of carbonyl (C=O) groups is 2. The quantitative estimate of drug-likeness (QED) is 0.503. The molecule has 1 heterocycles. The van der Waals surface area contributed by atoms with Crippen LogP contribution >= 0.6 is 0 Å². The maximum absolute atomic E-state index is 12.7. The molecule has 7 nitrogen and oxygen atoms in total. The summed E-state index contributed by atoms with van der Waals surface area (Å²) in [4.78, 5) is 34.4. The molecule has 1 fully saturated rings. The largest absolute Gasteiger partial charge is 0.393 e. The third kappa shape index (κ3) is 5.18. The van der Waals surface area contributed by atoms with E-state index in [1.165, 1.54) is 0 Å². The van der Waals surface area contributed by atoms with Crippen LogP contribution in [0.4, 0.5) is 5.69 Å². The SMILES string of the molecule is Cc1ncc(-c2cccc(C(=O)NC3CCC(O)CC3)c2)nc1C(=O)Nc1ccccc1.[HH].[HH].[HH].[HH].[HH].[HH]. The van der Waals surface area contributed by atoms with Gasteiger partial charge in [-0.25, -0.2) is 4.98 Å². The minimum absolute atomic E-state index is 0. The number of aliphatic hydroxyl groups is 1. The van der Waals surface area contributed by atoms with Gasteiger partial charge in [0.05, 0.1) is 23.7 Å². The number of para-hydroxylation sites is 1. The first-order valence-corrected chi connectivity index (χ1v) is 10.8. The van der Waals surface area contributed by atoms with Crippen molar-refractivity contribution in [3.63, 3.8) is 0 Å². The molecule has 0 saturated heterocycles. The van der Waals surface area contributed by atoms with Crippen molar-refractivity contribution in [2.75, 3.05) is 5.32 Å². The first-order chi connectivity index (χ1) is 15.5. The number of nitrogens with zero attached hydrogens (tertiary/aromatic N) is 2. The Hall–Kier alpha value is -3.58. The van der Waals surface area contributed by atoms with Gasteiger partial charge in [-0.2, -0.15) is 0 Å². The molecular weight excluding hydrogens is 404 g/mol. The zero-order chi connectivity index (χ0) is 22.5. The topological polar surface area (TPSA) is 104 Å². The van der Waals surface area contributed by atoms with Gasteiger partial charge in [-0.05, 0) is 56.9 Å². The van der Waals surface area contributed by atoms with Gasteiger partial charge >= 0.3 is 0 Å². The zero-order valence-electron chi connectivity index (χ0n) is 17.9. The predicted molar refractivity (Wildman–Crippen MR) is 135 cm³/mol. The molecule has 32 heavy (non-hydrogen) atoms. The third-order valence-electron chi connectivity index (χ3n) is 5.65. The van der Waals surface area contributed by atoms with E-state index in [1.807, 2.05) is 24.3 Å². The molecule has 7 heteroatoms. The van der Waals surface area contributed by atoms with Gasteiger partial charge in [0.15, 0.2) is 0 Å². The van der Waals surface area contributed by atoms with Crippen LogP contribution in [0, 0.1) is 6.92 Å². The maximum Gasteiger partial charge on any atom is 0.276 e. The Bertz CT molecular complexity index is 1130. The lowest BCUT2D eigenvalue weighted by atomic mass is 9.93. The van der Waals surface area contributed by atoms with Gasteiger partial charge in [-0.1, -0.05) is 30.3 Å². The molecule has 4 rings (SSSR count). The Kier molecular flexibility index (Phi) is 6.56. The van der Waals surface area contributed by atoms with Gasteiger partial charge < -0.3 is 15.7 Å². The number of hydrogen-bond donors (Lipinski definition) is 3. The fourth-order valence-corrected chi connectivity index (χ4v) is 3.82. The monoisotopic (exact) mass is 442 g/mol. The highest BCUT2D eigenvalue weighted by molar-refractivity contribution is 6.03. The standard InChI is InChI=1S/C25H26N4O3.6H2/c1-16-23(25(32)28-19-8-3-2-4-9-19)29-22(15-26-16)17-6-5-7-18(14-17)24(31)27-20-10-12-21(30)13-11-20;;;;;;/h2-9,14-15,20-21,30H,10-13H2,1H3,(H,27,31)(H,28,32);6*1H. The average molecular weight is 443 g/mol. The smallest absolute Gasteiger partial charge is 0.276 e. The molecule has 1 aromatic heterocycles. The Morgan fingerprint density at radius 3 is 2.50 bits per heavy atom. The summed E-state index contributed by atoms with van der Waals surface area (Å²) < 4.78 is 0. The van der Waals surface area contributed by atoms with Gasteiger partial charge in [0.2, 0.25) is 0 Å². The molecule has 2 aromatic carbocycles. The first kappa shape index (κ1) is 21.6. The number of rotatable bonds is 5. The van der Waals surface area contributed by atoms with E-state index in [0.717, 1.165) is 12.8 Å². The Labute approximate surface area is 195 Å². The van der Waals surface area contributed by atoms with E-state index in [9.17, 15) is 14.7 Å². The molecular formula is C25H38N4O3. The summed E-state index contributed by atoms with van der Waals surface area (Å²) in [6.07, 6.45) is 4.30. The summed E-state index contributed by atoms with van der Waals surface area (Å²) in [7, 11) is 0. The number of amides is 2. The average Bonchev–Trinajstić information content (AvgIpc) is 2.81. The van der Waals surface area contributed by atoms with Crippen LogP contribution in [0.5, 0.6) is 0 Å². The van der Waals surface area contributed by atoms with Crippen molar-refractivity contribution in [3.8, 4) is 11.3 Å². The highest BCUT2D eigenvalue weighted by Gasteiger charge is 2.21. The van der Waals surface area contributed by atoms with Gasteiger partial charge in [0, 0.05) is 31.4 Å². The van der Waals surface area contributed by atoms with Crippen LogP contribution in [0.3, 0.4) is 0 Å². The van der Waals surface area contributed by atoms with Gasteiger partial charge in [0.1, 0.15) is 5.69 Å². The van der Waals surface area contributed by atoms with E-state index in [0.29, 0.717) is 41.0 Å². The van der Waals surface area contributed by atoms with E-state index in [1.54, 1.807) is 43.5 Å². The minimum atomic E-state index is -0.337. The van der Waals surface area contributed by atoms with Crippen molar-refractivity contribution in [1.29, 1.82) is 0 Å². The Morgan fingerprint density at radius 1 is 1.00 bits per heavy atom. The second-order valence-electron chi connectivity index (χ2n) is 8.07. The highest BCUT2D eigenvalue weighted by atomic mass is 16.3. The molecule has 176 valence electrons. The molecule has 0 radical (unpaired) electrons. The zero-order valence-corrected chi connectivity index (χ0v) is 17.9. The van der Waals surface area contributed by atoms with Crippen LogP contribution in [0.1, 0.15) is 60.8 Å². The second-order valence-corrected chi connectivity index (χ2v) is 8.07. The van der Waals surface area contributed by atoms with E-state index in [4.69, 9.17) is 0 Å². The lowest BCUT2D eigenvalue weighted by Gasteiger charge is -2.26. The summed E-state index contributed by atoms with van der Waals surface area (Å²) >= 11 is 0. The predicted octanol–water partition coefficient (Wildman–Crippen LogP) is 5.21. The lowest BCUT2D eigenvalue weighted by Crippen LogP contribution is -2.38. The number of anilines is 1. The number of hydrogen-bond acceptors (Lipinski definition) is 5. The summed E-state index contributed by atoms with van der Waals surface area (Å²) in [6.45, 7) is 1.74. The van der Waals surface area contributed by atoms with Gasteiger partial charge in [-0.3, -0.25) is 14.6 Å². The summed E-state index contributed by atoms with van der Waals surface area (Å²) in [6, 6.07) is 16.4. The van der Waals surface area contributed by atoms with Crippen LogP contribution in [-0.4, -0.2) is 39.0 Å². The van der Waals surface area contributed by atoms with Crippen LogP contribution in [0.15, 0.2) is 60.8 Å². The van der Waals surface area contributed by atoms with Crippen LogP contribution in [0.25, 0.3) is 11.3 Å². The van der Waals surface area contributed by atoms with Crippen LogP contribution in [-0.2, 0) is 0 Å². The maximum atomic E-state index is 12.7. The lowest BCUT2D eigenvalue weighted by molar-refractivity contribution is 0.0867. The number of carbonyl (C=O) groups excluding carboxylic acids is 2. The molecule has 0 bridgehead atoms. The molecule has 3 N–H and O–H groups in total. The number of benzene rings is 2. The number of aliphatic hydroxyl groups excluding tert-OH is 1. The molecule has 3 aromatic rings. The van der Waals surface area contributed by atoms with E-state index >= 15 is 0 Å². The van der Waals surface area contributed by atoms with E-state index in [-0.39, 0.29) is 38.2 Å². The fourth-order valence-electron chi connectivity index (χ4n) is 3.82. The van der Waals surface area contributed by atoms with Crippen molar-refractivity contribution in [2.45, 2.75) is 44.8 Å². The summed E-state index contributed by atoms with van der Waals surface area (Å²) in [5.74, 6) is -0.494. The van der Waals surface area contributed by atoms with Crippen LogP contribution in [0.2, 0.25) is 0 Å². The number of nitrogens with one attached hydrogen (secondary N) is 2. The molecule has 1 aliphatic carbocycles. The third-order valence-corrected chi connectivity index (χ3v) is 5.65. The fraction of sp³-hybridized carbons (Fsp3) is 0.280. The second kappa shape index (κ2) is 9.70. The molecule has 1 saturated carbocycles. The Morgan fingerprint density at radius 2 is 1.75 bits per heavy atom. The molecule has 0 atom stereocenters. The molecule has 0 unspecified atom stereocenters. The van der Waals surface area contributed by atoms with Gasteiger partial charge in [0.25, 0.3) is 11.8 Å². The van der Waals surface area contributed by atoms with Crippen molar-refractivity contribution in [1.82, 2.24) is 15.3 Å². The first-order valence-electron chi connectivity index (χ1n) is 10.8. The number of aryl methyl sites for hydroxylation is 1. The molecule has 0 aliphatic heterocycles. The van der Waals surface area contributed by atoms with Crippen molar-refractivity contribution < 1.29 is 23.3 Å². The molecule has 2 amide bonds. The van der Waals surface area contributed by atoms with Gasteiger partial charge in [-0.15, -0.1) is 0 Å². The molecule has 0 spiro atoms. The summed E-state index contributed by atoms with van der Waals surface area (Å²) in [5, 5.41) is 15.5. The van der Waals surface area contributed by atoms with Crippen LogP contribution < -0.4 is 10.6 Å². The van der Waals surface area contributed by atoms with E-state index in [2.05, 4.69) is 20.6 Å². The number of aromatic nitrogens is 2. The Balaban J connectivity index is -0.00000204. The minimum Gasteiger partial charge on any atom is -0.393 e. The summed E-state index contributed by atoms with van der Waals surface area (Å²) in [5.41, 5.74) is 3.18. The van der Waals surface area contributed by atoms with E-state index < -0.39 is 0 Å². The van der Waals surface area contributed by atoms with Crippen molar-refractivity contribution in [2.24, 2.45) is 0 Å².